The lowest BCUT2D eigenvalue weighted by atomic mass is 9.68. The quantitative estimate of drug-likeness (QED) is 0.843. The first-order chi connectivity index (χ1) is 9.33. The van der Waals surface area contributed by atoms with Gasteiger partial charge in [0.05, 0.1) is 0 Å². The van der Waals surface area contributed by atoms with Crippen molar-refractivity contribution < 1.29 is 4.39 Å². The van der Waals surface area contributed by atoms with Crippen LogP contribution >= 0.6 is 0 Å². The summed E-state index contributed by atoms with van der Waals surface area (Å²) in [5, 5.41) is 3.85. The van der Waals surface area contributed by atoms with Crippen molar-refractivity contribution in [3.63, 3.8) is 0 Å². The van der Waals surface area contributed by atoms with E-state index in [0.717, 1.165) is 5.92 Å². The lowest BCUT2D eigenvalue weighted by Crippen LogP contribution is -2.50. The number of benzene rings is 1. The summed E-state index contributed by atoms with van der Waals surface area (Å²) >= 11 is 0. The summed E-state index contributed by atoms with van der Waals surface area (Å²) in [5.74, 6) is 0.693. The van der Waals surface area contributed by atoms with Gasteiger partial charge < -0.3 is 5.32 Å². The molecule has 2 heteroatoms. The molecular weight excluding hydrogens is 249 g/mol. The molecule has 1 N–H and O–H groups in total. The number of hydrogen-bond acceptors (Lipinski definition) is 1. The van der Waals surface area contributed by atoms with Crippen molar-refractivity contribution in [3.8, 4) is 0 Å². The number of hydrogen-bond donors (Lipinski definition) is 1. The maximum absolute atomic E-state index is 13.0. The summed E-state index contributed by atoms with van der Waals surface area (Å²) in [5.41, 5.74) is 1.97. The van der Waals surface area contributed by atoms with E-state index in [1.807, 2.05) is 12.1 Å². The van der Waals surface area contributed by atoms with E-state index in [1.54, 1.807) is 12.1 Å². The number of halogens is 1. The molecule has 0 aromatic heterocycles. The van der Waals surface area contributed by atoms with Crippen LogP contribution in [0.5, 0.6) is 0 Å². The maximum Gasteiger partial charge on any atom is 0.123 e. The Hall–Kier alpha value is -0.890. The summed E-state index contributed by atoms with van der Waals surface area (Å²) in [6.45, 7) is 9.46. The Labute approximate surface area is 122 Å². The van der Waals surface area contributed by atoms with Gasteiger partial charge in [-0.1, -0.05) is 32.9 Å². The fourth-order valence-corrected chi connectivity index (χ4v) is 4.82. The topological polar surface area (TPSA) is 12.0 Å². The van der Waals surface area contributed by atoms with Crippen LogP contribution < -0.4 is 5.32 Å². The number of fused-ring (bicyclic) bond motifs is 2. The second-order valence-corrected chi connectivity index (χ2v) is 7.79. The predicted octanol–water partition coefficient (Wildman–Crippen LogP) is 4.69. The van der Waals surface area contributed by atoms with Crippen LogP contribution in [0.3, 0.4) is 0 Å². The molecule has 0 saturated heterocycles. The highest BCUT2D eigenvalue weighted by Crippen LogP contribution is 2.62. The van der Waals surface area contributed by atoms with Crippen LogP contribution in [0.4, 0.5) is 4.39 Å². The van der Waals surface area contributed by atoms with E-state index in [2.05, 4.69) is 33.0 Å². The van der Waals surface area contributed by atoms with Gasteiger partial charge in [0.2, 0.25) is 0 Å². The van der Waals surface area contributed by atoms with Crippen LogP contribution in [0.15, 0.2) is 24.3 Å². The van der Waals surface area contributed by atoms with Crippen molar-refractivity contribution in [3.05, 3.63) is 35.6 Å². The van der Waals surface area contributed by atoms with Crippen molar-refractivity contribution in [1.29, 1.82) is 0 Å². The van der Waals surface area contributed by atoms with Gasteiger partial charge in [-0.05, 0) is 60.6 Å². The molecule has 2 saturated carbocycles. The predicted molar refractivity (Wildman–Crippen MR) is 81.0 cm³/mol. The van der Waals surface area contributed by atoms with Crippen LogP contribution in [0.2, 0.25) is 0 Å². The normalized spacial score (nSPS) is 36.2. The first kappa shape index (κ1) is 14.1. The van der Waals surface area contributed by atoms with E-state index >= 15 is 0 Å². The van der Waals surface area contributed by atoms with Gasteiger partial charge in [-0.25, -0.2) is 4.39 Å². The molecule has 1 aromatic carbocycles. The van der Waals surface area contributed by atoms with E-state index in [9.17, 15) is 4.39 Å². The Morgan fingerprint density at radius 3 is 2.40 bits per heavy atom. The molecule has 1 aromatic rings. The molecule has 0 radical (unpaired) electrons. The largest absolute Gasteiger partial charge is 0.306 e. The molecule has 0 heterocycles. The zero-order valence-corrected chi connectivity index (χ0v) is 13.0. The SMILES string of the molecule is CC(NC1C2(C)CCC(C2)C1(C)C)c1ccc(F)cc1. The average Bonchev–Trinajstić information content (AvgIpc) is 2.86. The van der Waals surface area contributed by atoms with Gasteiger partial charge in [0.15, 0.2) is 0 Å². The molecule has 0 amide bonds. The van der Waals surface area contributed by atoms with E-state index in [0.29, 0.717) is 16.9 Å². The smallest absolute Gasteiger partial charge is 0.123 e. The minimum Gasteiger partial charge on any atom is -0.306 e. The van der Waals surface area contributed by atoms with Crippen LogP contribution in [0.25, 0.3) is 0 Å². The van der Waals surface area contributed by atoms with Gasteiger partial charge in [-0.2, -0.15) is 0 Å². The average molecular weight is 275 g/mol. The van der Waals surface area contributed by atoms with Crippen molar-refractivity contribution >= 4 is 0 Å². The highest BCUT2D eigenvalue weighted by molar-refractivity contribution is 5.21. The monoisotopic (exact) mass is 275 g/mol. The lowest BCUT2D eigenvalue weighted by molar-refractivity contribution is 0.100. The minimum atomic E-state index is -0.159. The highest BCUT2D eigenvalue weighted by atomic mass is 19.1. The van der Waals surface area contributed by atoms with Crippen molar-refractivity contribution in [1.82, 2.24) is 5.32 Å². The molecule has 2 bridgehead atoms. The van der Waals surface area contributed by atoms with Gasteiger partial charge in [0.1, 0.15) is 5.82 Å². The molecule has 110 valence electrons. The third-order valence-corrected chi connectivity index (χ3v) is 6.06. The molecule has 1 nitrogen and oxygen atoms in total. The van der Waals surface area contributed by atoms with E-state index < -0.39 is 0 Å². The second-order valence-electron chi connectivity index (χ2n) is 7.79. The Morgan fingerprint density at radius 1 is 1.20 bits per heavy atom. The van der Waals surface area contributed by atoms with Gasteiger partial charge in [-0.15, -0.1) is 0 Å². The van der Waals surface area contributed by atoms with Crippen LogP contribution in [-0.4, -0.2) is 6.04 Å². The van der Waals surface area contributed by atoms with Crippen molar-refractivity contribution in [2.24, 2.45) is 16.7 Å². The molecule has 2 aliphatic rings. The van der Waals surface area contributed by atoms with E-state index in [-0.39, 0.29) is 11.9 Å². The fourth-order valence-electron chi connectivity index (χ4n) is 4.82. The Kier molecular flexibility index (Phi) is 3.20. The summed E-state index contributed by atoms with van der Waals surface area (Å²) in [4.78, 5) is 0. The third kappa shape index (κ3) is 2.09. The molecule has 3 rings (SSSR count). The first-order valence-corrected chi connectivity index (χ1v) is 7.84. The zero-order chi connectivity index (χ0) is 14.5. The summed E-state index contributed by atoms with van der Waals surface area (Å²) in [6, 6.07) is 7.73. The Balaban J connectivity index is 1.78. The van der Waals surface area contributed by atoms with Gasteiger partial charge >= 0.3 is 0 Å². The second kappa shape index (κ2) is 4.56. The molecule has 0 aliphatic heterocycles. The molecule has 0 spiro atoms. The van der Waals surface area contributed by atoms with Gasteiger partial charge in [0.25, 0.3) is 0 Å². The Bertz CT molecular complexity index is 488. The van der Waals surface area contributed by atoms with Crippen LogP contribution in [0, 0.1) is 22.6 Å². The zero-order valence-electron chi connectivity index (χ0n) is 13.0. The molecule has 4 unspecified atom stereocenters. The molecule has 20 heavy (non-hydrogen) atoms. The first-order valence-electron chi connectivity index (χ1n) is 7.84. The number of rotatable bonds is 3. The van der Waals surface area contributed by atoms with E-state index in [1.165, 1.54) is 24.8 Å². The molecule has 4 atom stereocenters. The van der Waals surface area contributed by atoms with Crippen molar-refractivity contribution in [2.45, 2.75) is 59.0 Å². The Morgan fingerprint density at radius 2 is 1.85 bits per heavy atom. The lowest BCUT2D eigenvalue weighted by Gasteiger charge is -2.44. The highest BCUT2D eigenvalue weighted by Gasteiger charge is 2.59. The maximum atomic E-state index is 13.0. The molecular formula is C18H26FN. The fraction of sp³-hybridized carbons (Fsp3) is 0.667. The minimum absolute atomic E-state index is 0.159. The van der Waals surface area contributed by atoms with Gasteiger partial charge in [0, 0.05) is 12.1 Å². The summed E-state index contributed by atoms with van der Waals surface area (Å²) in [7, 11) is 0. The van der Waals surface area contributed by atoms with Crippen LogP contribution in [-0.2, 0) is 0 Å². The molecule has 2 fully saturated rings. The molecule has 2 aliphatic carbocycles. The standard InChI is InChI=1S/C18H26FN/c1-12(13-5-7-15(19)8-6-13)20-16-17(2,3)14-9-10-18(16,4)11-14/h5-8,12,14,16,20H,9-11H2,1-4H3. The van der Waals surface area contributed by atoms with Crippen molar-refractivity contribution in [2.75, 3.05) is 0 Å². The number of nitrogens with one attached hydrogen (secondary N) is 1. The van der Waals surface area contributed by atoms with Crippen LogP contribution in [0.1, 0.15) is 58.6 Å². The third-order valence-electron chi connectivity index (χ3n) is 6.06. The summed E-state index contributed by atoms with van der Waals surface area (Å²) < 4.78 is 13.0. The summed E-state index contributed by atoms with van der Waals surface area (Å²) in [6.07, 6.45) is 4.08. The van der Waals surface area contributed by atoms with Gasteiger partial charge in [-0.3, -0.25) is 0 Å². The van der Waals surface area contributed by atoms with E-state index in [4.69, 9.17) is 0 Å².